The van der Waals surface area contributed by atoms with Gasteiger partial charge in [-0.1, -0.05) is 22.0 Å². The highest BCUT2D eigenvalue weighted by molar-refractivity contribution is 9.08. The summed E-state index contributed by atoms with van der Waals surface area (Å²) in [6, 6.07) is 5.96. The first-order valence-corrected chi connectivity index (χ1v) is 4.40. The fourth-order valence-corrected chi connectivity index (χ4v) is 1.33. The van der Waals surface area contributed by atoms with Gasteiger partial charge in [0.05, 0.1) is 0 Å². The van der Waals surface area contributed by atoms with Crippen molar-refractivity contribution in [2.24, 2.45) is 0 Å². The molecule has 1 aromatic heterocycles. The van der Waals surface area contributed by atoms with Gasteiger partial charge in [-0.05, 0) is 17.7 Å². The van der Waals surface area contributed by atoms with Crippen molar-refractivity contribution >= 4 is 44.0 Å². The zero-order valence-corrected chi connectivity index (χ0v) is 9.46. The van der Waals surface area contributed by atoms with Crippen LogP contribution in [0.15, 0.2) is 29.0 Å². The maximum atomic E-state index is 5.13. The molecule has 0 saturated heterocycles. The molecular formula is C8H7Br2NO. The molecule has 0 aliphatic carbocycles. The minimum absolute atomic E-state index is 0. The number of aromatic nitrogens is 1. The molecule has 0 amide bonds. The van der Waals surface area contributed by atoms with E-state index >= 15 is 0 Å². The van der Waals surface area contributed by atoms with E-state index < -0.39 is 0 Å². The molecule has 0 unspecified atom stereocenters. The van der Waals surface area contributed by atoms with Gasteiger partial charge in [-0.15, -0.1) is 17.0 Å². The number of oxazole rings is 1. The van der Waals surface area contributed by atoms with Crippen molar-refractivity contribution in [2.75, 3.05) is 0 Å². The second kappa shape index (κ2) is 4.05. The molecule has 0 aliphatic rings. The number of fused-ring (bicyclic) bond motifs is 1. The summed E-state index contributed by atoms with van der Waals surface area (Å²) in [6.07, 6.45) is 1.46. The zero-order valence-electron chi connectivity index (χ0n) is 6.16. The summed E-state index contributed by atoms with van der Waals surface area (Å²) in [4.78, 5) is 4.01. The molecule has 0 bridgehead atoms. The number of rotatable bonds is 1. The van der Waals surface area contributed by atoms with E-state index in [-0.39, 0.29) is 17.0 Å². The molecule has 0 radical (unpaired) electrons. The molecule has 0 aliphatic heterocycles. The Balaban J connectivity index is 0.000000720. The second-order valence-electron chi connectivity index (χ2n) is 2.29. The maximum absolute atomic E-state index is 5.13. The molecule has 12 heavy (non-hydrogen) atoms. The van der Waals surface area contributed by atoms with E-state index in [4.69, 9.17) is 4.42 Å². The molecule has 0 fully saturated rings. The summed E-state index contributed by atoms with van der Waals surface area (Å²) in [5, 5.41) is 0.851. The molecule has 2 rings (SSSR count). The molecule has 0 saturated carbocycles. The van der Waals surface area contributed by atoms with E-state index in [1.165, 1.54) is 12.0 Å². The zero-order chi connectivity index (χ0) is 7.68. The lowest BCUT2D eigenvalue weighted by atomic mass is 10.2. The summed E-state index contributed by atoms with van der Waals surface area (Å²) in [6.45, 7) is 0. The van der Waals surface area contributed by atoms with Gasteiger partial charge < -0.3 is 4.42 Å². The molecule has 1 heterocycles. The van der Waals surface area contributed by atoms with Crippen molar-refractivity contribution in [1.82, 2.24) is 4.98 Å². The van der Waals surface area contributed by atoms with Crippen LogP contribution in [-0.2, 0) is 5.33 Å². The smallest absolute Gasteiger partial charge is 0.181 e. The second-order valence-corrected chi connectivity index (χ2v) is 2.85. The Morgan fingerprint density at radius 2 is 2.25 bits per heavy atom. The average Bonchev–Trinajstić information content (AvgIpc) is 2.50. The van der Waals surface area contributed by atoms with Crippen LogP contribution < -0.4 is 0 Å². The van der Waals surface area contributed by atoms with Crippen LogP contribution in [-0.4, -0.2) is 4.98 Å². The van der Waals surface area contributed by atoms with E-state index in [0.717, 1.165) is 16.4 Å². The fraction of sp³-hybridized carbons (Fsp3) is 0.125. The van der Waals surface area contributed by atoms with Crippen LogP contribution in [0.5, 0.6) is 0 Å². The lowest BCUT2D eigenvalue weighted by Crippen LogP contribution is -1.75. The van der Waals surface area contributed by atoms with Crippen molar-refractivity contribution < 1.29 is 4.42 Å². The molecule has 0 spiro atoms. The summed E-state index contributed by atoms with van der Waals surface area (Å²) in [5.74, 6) is 0. The molecule has 0 N–H and O–H groups in total. The average molecular weight is 293 g/mol. The third kappa shape index (κ3) is 1.69. The Labute approximate surface area is 88.9 Å². The van der Waals surface area contributed by atoms with Crippen molar-refractivity contribution in [1.29, 1.82) is 0 Å². The monoisotopic (exact) mass is 291 g/mol. The van der Waals surface area contributed by atoms with Gasteiger partial charge >= 0.3 is 0 Å². The largest absolute Gasteiger partial charge is 0.443 e. The quantitative estimate of drug-likeness (QED) is 0.754. The molecule has 2 nitrogen and oxygen atoms in total. The number of alkyl halides is 1. The molecule has 64 valence electrons. The van der Waals surface area contributed by atoms with Gasteiger partial charge in [-0.2, -0.15) is 0 Å². The van der Waals surface area contributed by atoms with Crippen LogP contribution in [0.4, 0.5) is 0 Å². The highest BCUT2D eigenvalue weighted by Crippen LogP contribution is 2.15. The fourth-order valence-electron chi connectivity index (χ4n) is 0.983. The minimum Gasteiger partial charge on any atom is -0.443 e. The third-order valence-electron chi connectivity index (χ3n) is 1.55. The van der Waals surface area contributed by atoms with Crippen molar-refractivity contribution in [2.45, 2.75) is 5.33 Å². The minimum atomic E-state index is 0. The van der Waals surface area contributed by atoms with E-state index in [2.05, 4.69) is 20.9 Å². The van der Waals surface area contributed by atoms with Gasteiger partial charge in [0.1, 0.15) is 5.52 Å². The first-order valence-electron chi connectivity index (χ1n) is 3.28. The lowest BCUT2D eigenvalue weighted by molar-refractivity contribution is 0.602. The van der Waals surface area contributed by atoms with Crippen LogP contribution in [0.25, 0.3) is 11.1 Å². The van der Waals surface area contributed by atoms with Gasteiger partial charge in [-0.25, -0.2) is 4.98 Å². The number of hydrogen-bond acceptors (Lipinski definition) is 2. The maximum Gasteiger partial charge on any atom is 0.181 e. The van der Waals surface area contributed by atoms with Crippen LogP contribution in [0.2, 0.25) is 0 Å². The van der Waals surface area contributed by atoms with Crippen molar-refractivity contribution in [3.8, 4) is 0 Å². The van der Waals surface area contributed by atoms with Gasteiger partial charge in [0, 0.05) is 5.33 Å². The molecule has 4 heteroatoms. The van der Waals surface area contributed by atoms with Gasteiger partial charge in [0.2, 0.25) is 0 Å². The van der Waals surface area contributed by atoms with Gasteiger partial charge in [0.15, 0.2) is 12.0 Å². The first kappa shape index (κ1) is 9.74. The summed E-state index contributed by atoms with van der Waals surface area (Å²) in [7, 11) is 0. The predicted molar refractivity (Wildman–Crippen MR) is 57.0 cm³/mol. The van der Waals surface area contributed by atoms with E-state index in [0.29, 0.717) is 0 Å². The SMILES string of the molecule is Br.BrCc1ccc2ncoc2c1. The first-order chi connectivity index (χ1) is 5.40. The number of hydrogen-bond donors (Lipinski definition) is 0. The lowest BCUT2D eigenvalue weighted by Gasteiger charge is -1.91. The Morgan fingerprint density at radius 3 is 3.00 bits per heavy atom. The van der Waals surface area contributed by atoms with Crippen LogP contribution in [0.3, 0.4) is 0 Å². The standard InChI is InChI=1S/C8H6BrNO.BrH/c9-4-6-1-2-7-8(3-6)11-5-10-7;/h1-3,5H,4H2;1H. The number of benzene rings is 1. The highest BCUT2D eigenvalue weighted by atomic mass is 79.9. The Morgan fingerprint density at radius 1 is 1.42 bits per heavy atom. The van der Waals surface area contributed by atoms with Crippen molar-refractivity contribution in [3.05, 3.63) is 30.2 Å². The third-order valence-corrected chi connectivity index (χ3v) is 2.20. The Kier molecular flexibility index (Phi) is 3.29. The van der Waals surface area contributed by atoms with Gasteiger partial charge in [0.25, 0.3) is 0 Å². The number of nitrogens with zero attached hydrogens (tertiary/aromatic N) is 1. The highest BCUT2D eigenvalue weighted by Gasteiger charge is 1.97. The van der Waals surface area contributed by atoms with Gasteiger partial charge in [-0.3, -0.25) is 0 Å². The molecule has 2 aromatic rings. The summed E-state index contributed by atoms with van der Waals surface area (Å²) < 4.78 is 5.13. The van der Waals surface area contributed by atoms with E-state index in [1.54, 1.807) is 0 Å². The normalized spacial score (nSPS) is 9.75. The molecule has 0 atom stereocenters. The number of halogens is 2. The van der Waals surface area contributed by atoms with Crippen LogP contribution in [0.1, 0.15) is 5.56 Å². The van der Waals surface area contributed by atoms with Crippen molar-refractivity contribution in [3.63, 3.8) is 0 Å². The Hall–Kier alpha value is -0.350. The van der Waals surface area contributed by atoms with Crippen LogP contribution >= 0.6 is 32.9 Å². The van der Waals surface area contributed by atoms with E-state index in [1.807, 2.05) is 18.2 Å². The topological polar surface area (TPSA) is 26.0 Å². The van der Waals surface area contributed by atoms with E-state index in [9.17, 15) is 0 Å². The predicted octanol–water partition coefficient (Wildman–Crippen LogP) is 3.30. The summed E-state index contributed by atoms with van der Waals surface area (Å²) in [5.41, 5.74) is 2.96. The molecule has 1 aromatic carbocycles. The van der Waals surface area contributed by atoms with Crippen LogP contribution in [0, 0.1) is 0 Å². The molecular weight excluding hydrogens is 286 g/mol. The Bertz CT molecular complexity index is 372. The summed E-state index contributed by atoms with van der Waals surface area (Å²) >= 11 is 3.37.